The van der Waals surface area contributed by atoms with Crippen molar-refractivity contribution in [3.05, 3.63) is 69.8 Å². The first-order valence-electron chi connectivity index (χ1n) is 6.69. The summed E-state index contributed by atoms with van der Waals surface area (Å²) in [6.07, 6.45) is 1.36. The number of anilines is 2. The quantitative estimate of drug-likeness (QED) is 0.620. The summed E-state index contributed by atoms with van der Waals surface area (Å²) in [4.78, 5) is 12.1. The summed E-state index contributed by atoms with van der Waals surface area (Å²) in [6.45, 7) is 1.88. The third-order valence-corrected chi connectivity index (χ3v) is 3.48. The highest BCUT2D eigenvalue weighted by atomic mass is 35.5. The summed E-state index contributed by atoms with van der Waals surface area (Å²) in [7, 11) is 0. The summed E-state index contributed by atoms with van der Waals surface area (Å²) in [6, 6.07) is 13.9. The van der Waals surface area contributed by atoms with Gasteiger partial charge in [0.05, 0.1) is 0 Å². The summed E-state index contributed by atoms with van der Waals surface area (Å²) >= 11 is 11.7. The van der Waals surface area contributed by atoms with Gasteiger partial charge in [0.1, 0.15) is 11.6 Å². The Kier molecular flexibility index (Phi) is 5.64. The molecule has 6 heteroatoms. The van der Waals surface area contributed by atoms with E-state index in [1.807, 2.05) is 13.0 Å². The molecule has 116 valence electrons. The largest absolute Gasteiger partial charge is 0.360 e. The van der Waals surface area contributed by atoms with Gasteiger partial charge >= 0.3 is 0 Å². The molecule has 0 aliphatic heterocycles. The predicted molar refractivity (Wildman–Crippen MR) is 93.6 cm³/mol. The molecule has 4 nitrogen and oxygen atoms in total. The van der Waals surface area contributed by atoms with Crippen LogP contribution in [0.25, 0.3) is 0 Å². The van der Waals surface area contributed by atoms with Crippen LogP contribution in [0.15, 0.2) is 54.2 Å². The Morgan fingerprint density at radius 2 is 1.91 bits per heavy atom. The van der Waals surface area contributed by atoms with Crippen molar-refractivity contribution in [2.75, 3.05) is 10.6 Å². The second-order valence-electron chi connectivity index (χ2n) is 4.74. The van der Waals surface area contributed by atoms with Crippen LogP contribution >= 0.6 is 23.2 Å². The number of rotatable bonds is 4. The standard InChI is InChI=1S/C17H13Cl2N3O/c1-11-7-14(19)5-6-16(11)21-10-12(9-20)17(23)22-15-4-2-3-13(18)8-15/h2-8,10,21H,1H3,(H,22,23)/b12-10-. The topological polar surface area (TPSA) is 64.9 Å². The van der Waals surface area contributed by atoms with E-state index in [0.717, 1.165) is 11.3 Å². The van der Waals surface area contributed by atoms with E-state index in [4.69, 9.17) is 28.5 Å². The Balaban J connectivity index is 2.12. The van der Waals surface area contributed by atoms with Crippen LogP contribution in [0.1, 0.15) is 5.56 Å². The molecule has 0 saturated carbocycles. The van der Waals surface area contributed by atoms with Crippen LogP contribution in [-0.4, -0.2) is 5.91 Å². The Labute approximate surface area is 144 Å². The predicted octanol–water partition coefficient (Wildman–Crippen LogP) is 4.76. The fourth-order valence-corrected chi connectivity index (χ4v) is 2.27. The lowest BCUT2D eigenvalue weighted by atomic mass is 10.2. The van der Waals surface area contributed by atoms with Crippen LogP contribution in [0.5, 0.6) is 0 Å². The number of benzene rings is 2. The maximum Gasteiger partial charge on any atom is 0.267 e. The molecule has 1 amide bonds. The van der Waals surface area contributed by atoms with E-state index in [1.54, 1.807) is 42.5 Å². The van der Waals surface area contributed by atoms with Gasteiger partial charge in [0.2, 0.25) is 0 Å². The molecule has 0 bridgehead atoms. The van der Waals surface area contributed by atoms with Gasteiger partial charge in [-0.05, 0) is 48.9 Å². The number of aryl methyl sites for hydroxylation is 1. The van der Waals surface area contributed by atoms with E-state index >= 15 is 0 Å². The molecule has 2 aromatic rings. The van der Waals surface area contributed by atoms with E-state index in [-0.39, 0.29) is 5.57 Å². The number of carbonyl (C=O) groups excluding carboxylic acids is 1. The fraction of sp³-hybridized carbons (Fsp3) is 0.0588. The number of nitriles is 1. The van der Waals surface area contributed by atoms with Crippen molar-refractivity contribution in [3.8, 4) is 6.07 Å². The van der Waals surface area contributed by atoms with Gasteiger partial charge in [0.25, 0.3) is 5.91 Å². The first-order valence-corrected chi connectivity index (χ1v) is 7.45. The van der Waals surface area contributed by atoms with Crippen molar-refractivity contribution in [1.29, 1.82) is 5.26 Å². The number of nitrogens with zero attached hydrogens (tertiary/aromatic N) is 1. The molecule has 23 heavy (non-hydrogen) atoms. The first-order chi connectivity index (χ1) is 11.0. The third-order valence-electron chi connectivity index (χ3n) is 3.01. The molecule has 0 aromatic heterocycles. The maximum absolute atomic E-state index is 12.1. The van der Waals surface area contributed by atoms with Crippen molar-refractivity contribution in [2.24, 2.45) is 0 Å². The second-order valence-corrected chi connectivity index (χ2v) is 5.61. The highest BCUT2D eigenvalue weighted by Crippen LogP contribution is 2.20. The molecule has 0 radical (unpaired) electrons. The molecule has 0 aliphatic carbocycles. The number of amides is 1. The highest BCUT2D eigenvalue weighted by Gasteiger charge is 2.09. The lowest BCUT2D eigenvalue weighted by molar-refractivity contribution is -0.112. The highest BCUT2D eigenvalue weighted by molar-refractivity contribution is 6.31. The Hall–Kier alpha value is -2.48. The van der Waals surface area contributed by atoms with Crippen molar-refractivity contribution in [3.63, 3.8) is 0 Å². The Morgan fingerprint density at radius 3 is 2.57 bits per heavy atom. The molecule has 0 atom stereocenters. The van der Waals surface area contributed by atoms with Gasteiger partial charge in [-0.3, -0.25) is 4.79 Å². The lowest BCUT2D eigenvalue weighted by Crippen LogP contribution is -2.14. The van der Waals surface area contributed by atoms with Crippen molar-refractivity contribution >= 4 is 40.5 Å². The zero-order chi connectivity index (χ0) is 16.8. The number of carbonyl (C=O) groups is 1. The average molecular weight is 346 g/mol. The number of halogens is 2. The van der Waals surface area contributed by atoms with Gasteiger partial charge in [-0.15, -0.1) is 0 Å². The van der Waals surface area contributed by atoms with Crippen molar-refractivity contribution in [2.45, 2.75) is 6.92 Å². The smallest absolute Gasteiger partial charge is 0.267 e. The second kappa shape index (κ2) is 7.68. The van der Waals surface area contributed by atoms with Crippen LogP contribution < -0.4 is 10.6 Å². The molecule has 0 fully saturated rings. The van der Waals surface area contributed by atoms with Gasteiger partial charge in [-0.2, -0.15) is 5.26 Å². The summed E-state index contributed by atoms with van der Waals surface area (Å²) in [5.41, 5.74) is 2.13. The molecule has 0 unspecified atom stereocenters. The van der Waals surface area contributed by atoms with Gasteiger partial charge in [0.15, 0.2) is 0 Å². The van der Waals surface area contributed by atoms with Crippen LogP contribution in [0.3, 0.4) is 0 Å². The van der Waals surface area contributed by atoms with E-state index in [9.17, 15) is 4.79 Å². The van der Waals surface area contributed by atoms with E-state index in [2.05, 4.69) is 10.6 Å². The Morgan fingerprint density at radius 1 is 1.17 bits per heavy atom. The summed E-state index contributed by atoms with van der Waals surface area (Å²) in [5, 5.41) is 15.8. The number of nitrogens with one attached hydrogen (secondary N) is 2. The maximum atomic E-state index is 12.1. The minimum Gasteiger partial charge on any atom is -0.360 e. The molecule has 0 aliphatic rings. The molecule has 0 heterocycles. The van der Waals surface area contributed by atoms with E-state index < -0.39 is 5.91 Å². The summed E-state index contributed by atoms with van der Waals surface area (Å²) < 4.78 is 0. The van der Waals surface area contributed by atoms with Gasteiger partial charge in [-0.1, -0.05) is 29.3 Å². The SMILES string of the molecule is Cc1cc(Cl)ccc1N/C=C(/C#N)C(=O)Nc1cccc(Cl)c1. The zero-order valence-electron chi connectivity index (χ0n) is 12.2. The fourth-order valence-electron chi connectivity index (χ4n) is 1.85. The Bertz CT molecular complexity index is 810. The van der Waals surface area contributed by atoms with Crippen LogP contribution in [0.2, 0.25) is 10.0 Å². The summed E-state index contributed by atoms with van der Waals surface area (Å²) in [5.74, 6) is -0.520. The third kappa shape index (κ3) is 4.75. The van der Waals surface area contributed by atoms with Crippen LogP contribution in [0, 0.1) is 18.3 Å². The zero-order valence-corrected chi connectivity index (χ0v) is 13.7. The van der Waals surface area contributed by atoms with Crippen LogP contribution in [-0.2, 0) is 4.79 Å². The van der Waals surface area contributed by atoms with Gasteiger partial charge in [-0.25, -0.2) is 0 Å². The van der Waals surface area contributed by atoms with Gasteiger partial charge in [0, 0.05) is 27.6 Å². The molecular weight excluding hydrogens is 333 g/mol. The first kappa shape index (κ1) is 16.9. The number of hydrogen-bond acceptors (Lipinski definition) is 3. The van der Waals surface area contributed by atoms with E-state index in [0.29, 0.717) is 15.7 Å². The minimum atomic E-state index is -0.520. The molecule has 2 aromatic carbocycles. The molecule has 0 saturated heterocycles. The van der Waals surface area contributed by atoms with Crippen LogP contribution in [0.4, 0.5) is 11.4 Å². The van der Waals surface area contributed by atoms with Crippen molar-refractivity contribution in [1.82, 2.24) is 0 Å². The molecule has 0 spiro atoms. The molecular formula is C17H13Cl2N3O. The van der Waals surface area contributed by atoms with Crippen molar-refractivity contribution < 1.29 is 4.79 Å². The number of hydrogen-bond donors (Lipinski definition) is 2. The molecule has 2 rings (SSSR count). The van der Waals surface area contributed by atoms with E-state index in [1.165, 1.54) is 6.20 Å². The monoisotopic (exact) mass is 345 g/mol. The lowest BCUT2D eigenvalue weighted by Gasteiger charge is -2.07. The minimum absolute atomic E-state index is 0.0562. The normalized spacial score (nSPS) is 10.8. The van der Waals surface area contributed by atoms with Gasteiger partial charge < -0.3 is 10.6 Å². The average Bonchev–Trinajstić information content (AvgIpc) is 2.49. The molecule has 2 N–H and O–H groups in total.